The normalized spacial score (nSPS) is 12.9. The zero-order valence-corrected chi connectivity index (χ0v) is 10.5. The third-order valence-electron chi connectivity index (χ3n) is 2.55. The average molecular weight is 261 g/mol. The van der Waals surface area contributed by atoms with Crippen LogP contribution in [0.15, 0.2) is 36.5 Å². The molecule has 0 aliphatic rings. The van der Waals surface area contributed by atoms with Crippen LogP contribution in [0.25, 0.3) is 10.9 Å². The molecule has 0 spiro atoms. The lowest BCUT2D eigenvalue weighted by atomic mass is 10.2. The maximum atomic E-state index is 11.8. The van der Waals surface area contributed by atoms with Gasteiger partial charge >= 0.3 is 0 Å². The lowest BCUT2D eigenvalue weighted by Gasteiger charge is -2.11. The average Bonchev–Trinajstić information content (AvgIpc) is 2.38. The van der Waals surface area contributed by atoms with E-state index in [0.717, 1.165) is 0 Å². The summed E-state index contributed by atoms with van der Waals surface area (Å²) in [5.74, 6) is 0. The quantitative estimate of drug-likeness (QED) is 0.914. The van der Waals surface area contributed by atoms with Crippen LogP contribution in [0.2, 0.25) is 0 Å². The minimum absolute atomic E-state index is 0.433. The van der Waals surface area contributed by atoms with Gasteiger partial charge in [0, 0.05) is 11.6 Å². The minimum Gasteiger partial charge on any atom is -0.282 e. The first kappa shape index (κ1) is 12.3. The Balaban J connectivity index is 2.48. The molecule has 2 aromatic rings. The van der Waals surface area contributed by atoms with E-state index >= 15 is 0 Å². The third-order valence-corrected chi connectivity index (χ3v) is 4.09. The van der Waals surface area contributed by atoms with Crippen molar-refractivity contribution in [2.45, 2.75) is 12.2 Å². The van der Waals surface area contributed by atoms with Gasteiger partial charge in [-0.1, -0.05) is 6.07 Å². The predicted molar refractivity (Wildman–Crippen MR) is 69.4 cm³/mol. The maximum Gasteiger partial charge on any atom is 0.248 e. The summed E-state index contributed by atoms with van der Waals surface area (Å²) >= 11 is 0. The molecule has 18 heavy (non-hydrogen) atoms. The van der Waals surface area contributed by atoms with Crippen LogP contribution >= 0.6 is 0 Å². The summed E-state index contributed by atoms with van der Waals surface area (Å²) in [7, 11) is -3.69. The summed E-state index contributed by atoms with van der Waals surface area (Å²) in [6.45, 7) is 1.34. The molecule has 0 fully saturated rings. The van der Waals surface area contributed by atoms with E-state index in [0.29, 0.717) is 16.6 Å². The SMILES string of the molecule is CC(C#N)S(=O)(=O)Nc1cccc2ncccc12. The number of rotatable bonds is 3. The van der Waals surface area contributed by atoms with E-state index in [9.17, 15) is 8.42 Å². The van der Waals surface area contributed by atoms with E-state index in [1.807, 2.05) is 0 Å². The zero-order valence-electron chi connectivity index (χ0n) is 9.66. The minimum atomic E-state index is -3.69. The van der Waals surface area contributed by atoms with Crippen LogP contribution in [0, 0.1) is 11.3 Å². The molecule has 0 amide bonds. The molecular formula is C12H11N3O2S. The number of nitriles is 1. The predicted octanol–water partition coefficient (Wildman–Crippen LogP) is 1.89. The van der Waals surface area contributed by atoms with Crippen LogP contribution in [0.1, 0.15) is 6.92 Å². The van der Waals surface area contributed by atoms with Gasteiger partial charge in [0.05, 0.1) is 17.3 Å². The lowest BCUT2D eigenvalue weighted by molar-refractivity contribution is 0.597. The molecule has 1 atom stereocenters. The van der Waals surface area contributed by atoms with Crippen molar-refractivity contribution in [2.75, 3.05) is 4.72 Å². The summed E-state index contributed by atoms with van der Waals surface area (Å²) in [6, 6.07) is 10.4. The highest BCUT2D eigenvalue weighted by Crippen LogP contribution is 2.23. The molecule has 1 N–H and O–H groups in total. The van der Waals surface area contributed by atoms with Gasteiger partial charge in [0.1, 0.15) is 0 Å². The summed E-state index contributed by atoms with van der Waals surface area (Å²) in [6.07, 6.45) is 1.64. The second kappa shape index (κ2) is 4.63. The Morgan fingerprint density at radius 1 is 1.33 bits per heavy atom. The van der Waals surface area contributed by atoms with Gasteiger partial charge in [-0.2, -0.15) is 5.26 Å². The molecule has 0 bridgehead atoms. The highest BCUT2D eigenvalue weighted by molar-refractivity contribution is 7.93. The molecular weight excluding hydrogens is 250 g/mol. The Hall–Kier alpha value is -2.13. The summed E-state index contributed by atoms with van der Waals surface area (Å²) in [5, 5.41) is 8.28. The fourth-order valence-electron chi connectivity index (χ4n) is 1.50. The second-order valence-electron chi connectivity index (χ2n) is 3.79. The summed E-state index contributed by atoms with van der Waals surface area (Å²) in [4.78, 5) is 4.14. The van der Waals surface area contributed by atoms with E-state index in [1.54, 1.807) is 42.6 Å². The highest BCUT2D eigenvalue weighted by atomic mass is 32.2. The molecule has 1 aromatic carbocycles. The van der Waals surface area contributed by atoms with Gasteiger partial charge in [0.2, 0.25) is 10.0 Å². The molecule has 0 saturated heterocycles. The van der Waals surface area contributed by atoms with Crippen molar-refractivity contribution in [1.82, 2.24) is 4.98 Å². The standard InChI is InChI=1S/C12H11N3O2S/c1-9(8-13)18(16,17)15-12-6-2-5-11-10(12)4-3-7-14-11/h2-7,9,15H,1H3. The number of benzene rings is 1. The Labute approximate surface area is 105 Å². The molecule has 0 saturated carbocycles. The van der Waals surface area contributed by atoms with Crippen molar-refractivity contribution in [3.63, 3.8) is 0 Å². The monoisotopic (exact) mass is 261 g/mol. The zero-order chi connectivity index (χ0) is 13.2. The van der Waals surface area contributed by atoms with Crippen LogP contribution in [0.4, 0.5) is 5.69 Å². The first-order valence-electron chi connectivity index (χ1n) is 5.29. The van der Waals surface area contributed by atoms with Crippen LogP contribution in [0.3, 0.4) is 0 Å². The first-order valence-corrected chi connectivity index (χ1v) is 6.84. The van der Waals surface area contributed by atoms with Gasteiger partial charge in [0.25, 0.3) is 0 Å². The molecule has 1 aromatic heterocycles. The highest BCUT2D eigenvalue weighted by Gasteiger charge is 2.20. The third kappa shape index (κ3) is 2.26. The fraction of sp³-hybridized carbons (Fsp3) is 0.167. The van der Waals surface area contributed by atoms with Crippen molar-refractivity contribution in [3.8, 4) is 6.07 Å². The molecule has 92 valence electrons. The first-order chi connectivity index (χ1) is 8.54. The molecule has 0 aliphatic carbocycles. The molecule has 1 unspecified atom stereocenters. The molecule has 0 aliphatic heterocycles. The van der Waals surface area contributed by atoms with Crippen molar-refractivity contribution >= 4 is 26.6 Å². The number of sulfonamides is 1. The van der Waals surface area contributed by atoms with Crippen LogP contribution in [-0.4, -0.2) is 18.7 Å². The summed E-state index contributed by atoms with van der Waals surface area (Å²) < 4.78 is 26.1. The lowest BCUT2D eigenvalue weighted by Crippen LogP contribution is -2.23. The smallest absolute Gasteiger partial charge is 0.248 e. The summed E-state index contributed by atoms with van der Waals surface area (Å²) in [5.41, 5.74) is 1.13. The number of nitrogens with zero attached hydrogens (tertiary/aromatic N) is 2. The number of anilines is 1. The van der Waals surface area contributed by atoms with Crippen LogP contribution < -0.4 is 4.72 Å². The van der Waals surface area contributed by atoms with Gasteiger partial charge < -0.3 is 0 Å². The van der Waals surface area contributed by atoms with Gasteiger partial charge in [0.15, 0.2) is 5.25 Å². The van der Waals surface area contributed by atoms with Crippen molar-refractivity contribution in [3.05, 3.63) is 36.5 Å². The number of aromatic nitrogens is 1. The van der Waals surface area contributed by atoms with E-state index in [2.05, 4.69) is 9.71 Å². The Morgan fingerprint density at radius 3 is 2.83 bits per heavy atom. The van der Waals surface area contributed by atoms with Gasteiger partial charge in [-0.05, 0) is 31.2 Å². The largest absolute Gasteiger partial charge is 0.282 e. The molecule has 1 heterocycles. The molecule has 6 heteroatoms. The van der Waals surface area contributed by atoms with E-state index in [-0.39, 0.29) is 0 Å². The number of nitrogens with one attached hydrogen (secondary N) is 1. The molecule has 0 radical (unpaired) electrons. The molecule has 2 rings (SSSR count). The van der Waals surface area contributed by atoms with E-state index < -0.39 is 15.3 Å². The molecule has 5 nitrogen and oxygen atoms in total. The number of hydrogen-bond acceptors (Lipinski definition) is 4. The van der Waals surface area contributed by atoms with Crippen LogP contribution in [0.5, 0.6) is 0 Å². The maximum absolute atomic E-state index is 11.8. The Kier molecular flexibility index (Phi) is 3.17. The van der Waals surface area contributed by atoms with Gasteiger partial charge in [-0.25, -0.2) is 8.42 Å². The van der Waals surface area contributed by atoms with Crippen molar-refractivity contribution < 1.29 is 8.42 Å². The van der Waals surface area contributed by atoms with Gasteiger partial charge in [-0.3, -0.25) is 9.71 Å². The fourth-order valence-corrected chi connectivity index (χ4v) is 2.30. The van der Waals surface area contributed by atoms with Crippen LogP contribution in [-0.2, 0) is 10.0 Å². The number of pyridine rings is 1. The Bertz CT molecular complexity index is 714. The van der Waals surface area contributed by atoms with E-state index in [4.69, 9.17) is 5.26 Å². The topological polar surface area (TPSA) is 82.8 Å². The Morgan fingerprint density at radius 2 is 2.11 bits per heavy atom. The number of fused-ring (bicyclic) bond motifs is 1. The van der Waals surface area contributed by atoms with E-state index in [1.165, 1.54) is 6.92 Å². The second-order valence-corrected chi connectivity index (χ2v) is 5.80. The van der Waals surface area contributed by atoms with Crippen molar-refractivity contribution in [1.29, 1.82) is 5.26 Å². The number of hydrogen-bond donors (Lipinski definition) is 1. The van der Waals surface area contributed by atoms with Gasteiger partial charge in [-0.15, -0.1) is 0 Å². The van der Waals surface area contributed by atoms with Crippen molar-refractivity contribution in [2.24, 2.45) is 0 Å².